The van der Waals surface area contributed by atoms with Gasteiger partial charge in [0.2, 0.25) is 23.6 Å². The first-order valence-electron chi connectivity index (χ1n) is 16.6. The zero-order valence-corrected chi connectivity index (χ0v) is 26.0. The van der Waals surface area contributed by atoms with Gasteiger partial charge < -0.3 is 30.9 Å². The van der Waals surface area contributed by atoms with E-state index in [9.17, 15) is 28.0 Å². The number of unbranched alkanes of at least 4 members (excludes halogenated alkanes) is 1. The number of halogens is 2. The number of carbonyl (C=O) groups is 4. The van der Waals surface area contributed by atoms with Crippen LogP contribution in [0.1, 0.15) is 87.4 Å². The number of nitrogens with one attached hydrogen (secondary N) is 4. The van der Waals surface area contributed by atoms with Gasteiger partial charge in [-0.25, -0.2) is 8.78 Å². The maximum absolute atomic E-state index is 13.8. The Bertz CT molecular complexity index is 1190. The van der Waals surface area contributed by atoms with Crippen LogP contribution in [-0.2, 0) is 19.1 Å². The molecule has 10 nitrogen and oxygen atoms in total. The summed E-state index contributed by atoms with van der Waals surface area (Å²) in [6.07, 6.45) is 4.47. The number of hydrogen-bond acceptors (Lipinski definition) is 6. The third-order valence-corrected chi connectivity index (χ3v) is 10.0. The van der Waals surface area contributed by atoms with Crippen LogP contribution < -0.4 is 21.3 Å². The number of nitrogens with zero attached hydrogens (tertiary/aromatic N) is 1. The highest BCUT2D eigenvalue weighted by atomic mass is 19.3. The van der Waals surface area contributed by atoms with Crippen molar-refractivity contribution >= 4 is 23.6 Å². The zero-order chi connectivity index (χ0) is 31.9. The molecule has 1 spiro atoms. The van der Waals surface area contributed by atoms with E-state index in [0.717, 1.165) is 0 Å². The van der Waals surface area contributed by atoms with Gasteiger partial charge in [-0.2, -0.15) is 0 Å². The lowest BCUT2D eigenvalue weighted by Gasteiger charge is -2.41. The molecule has 3 saturated heterocycles. The SMILES string of the molecule is O=C(NCCCC[C@H]1CC(=O)N2CC[C@@H](NC3CCC(F)(F)CC3)C[C@H]2C(=O)NCC2(CCOCC2)C(=O)N1)c1ccccc1. The number of alkyl halides is 2. The lowest BCUT2D eigenvalue weighted by molar-refractivity contribution is -0.143. The van der Waals surface area contributed by atoms with E-state index >= 15 is 0 Å². The van der Waals surface area contributed by atoms with Gasteiger partial charge in [0.25, 0.3) is 5.91 Å². The Morgan fingerprint density at radius 3 is 2.44 bits per heavy atom. The molecule has 12 heteroatoms. The minimum atomic E-state index is -2.61. The van der Waals surface area contributed by atoms with E-state index in [1.807, 2.05) is 18.2 Å². The van der Waals surface area contributed by atoms with Crippen molar-refractivity contribution in [1.82, 2.24) is 26.2 Å². The number of rotatable bonds is 8. The largest absolute Gasteiger partial charge is 0.381 e. The Morgan fingerprint density at radius 2 is 1.71 bits per heavy atom. The van der Waals surface area contributed by atoms with E-state index in [1.54, 1.807) is 17.0 Å². The molecule has 1 aromatic carbocycles. The number of fused-ring (bicyclic) bond motifs is 1. The van der Waals surface area contributed by atoms with Gasteiger partial charge in [-0.1, -0.05) is 18.2 Å². The van der Waals surface area contributed by atoms with Crippen LogP contribution in [0.3, 0.4) is 0 Å². The van der Waals surface area contributed by atoms with Gasteiger partial charge in [-0.3, -0.25) is 19.2 Å². The van der Waals surface area contributed by atoms with E-state index in [2.05, 4.69) is 21.3 Å². The quantitative estimate of drug-likeness (QED) is 0.327. The summed E-state index contributed by atoms with van der Waals surface area (Å²) in [6, 6.07) is 7.79. The Kier molecular flexibility index (Phi) is 11.1. The fourth-order valence-corrected chi connectivity index (χ4v) is 7.13. The molecule has 0 radical (unpaired) electrons. The number of piperidine rings is 1. The summed E-state index contributed by atoms with van der Waals surface area (Å²) in [4.78, 5) is 55.1. The van der Waals surface area contributed by atoms with Gasteiger partial charge >= 0.3 is 0 Å². The highest BCUT2D eigenvalue weighted by Gasteiger charge is 2.45. The topological polar surface area (TPSA) is 129 Å². The normalized spacial score (nSPS) is 27.6. The highest BCUT2D eigenvalue weighted by Crippen LogP contribution is 2.34. The standard InChI is InChI=1S/C33H47F2N5O5/c34-33(35)12-9-24(10-13-33)38-26-11-17-40-27(20-26)30(43)37-22-32(14-18-45-19-15-32)31(44)39-25(21-28(40)41)8-4-5-16-36-29(42)23-6-2-1-3-7-23/h1-3,6-7,24-27,38H,4-5,8-22H2,(H,36,42)(H,37,43)(H,39,44)/t25-,26+,27-/m0/s1. The van der Waals surface area contributed by atoms with Crippen LogP contribution in [0.2, 0.25) is 0 Å². The smallest absolute Gasteiger partial charge is 0.251 e. The number of ether oxygens (including phenoxy) is 1. The molecular formula is C33H47F2N5O5. The van der Waals surface area contributed by atoms with Crippen LogP contribution in [0.25, 0.3) is 0 Å². The predicted molar refractivity (Wildman–Crippen MR) is 164 cm³/mol. The minimum absolute atomic E-state index is 0.0307. The number of amides is 4. The first-order valence-corrected chi connectivity index (χ1v) is 16.6. The van der Waals surface area contributed by atoms with E-state index in [1.165, 1.54) is 0 Å². The highest BCUT2D eigenvalue weighted by molar-refractivity contribution is 5.94. The first kappa shape index (κ1) is 33.2. The van der Waals surface area contributed by atoms with Gasteiger partial charge in [-0.05, 0) is 69.9 Å². The van der Waals surface area contributed by atoms with Crippen molar-refractivity contribution < 1.29 is 32.7 Å². The molecule has 3 heterocycles. The Balaban J connectivity index is 1.23. The molecule has 4 aliphatic rings. The van der Waals surface area contributed by atoms with E-state index < -0.39 is 23.4 Å². The molecule has 4 amide bonds. The summed E-state index contributed by atoms with van der Waals surface area (Å²) >= 11 is 0. The van der Waals surface area contributed by atoms with Gasteiger partial charge in [0.05, 0.1) is 5.41 Å². The molecule has 1 aliphatic carbocycles. The van der Waals surface area contributed by atoms with Gasteiger partial charge in [0, 0.05) is 75.8 Å². The Labute approximate surface area is 263 Å². The molecular weight excluding hydrogens is 584 g/mol. The molecule has 3 atom stereocenters. The van der Waals surface area contributed by atoms with Crippen LogP contribution in [0, 0.1) is 5.41 Å². The third-order valence-electron chi connectivity index (χ3n) is 10.0. The molecule has 0 unspecified atom stereocenters. The van der Waals surface area contributed by atoms with Crippen molar-refractivity contribution in [3.05, 3.63) is 35.9 Å². The summed E-state index contributed by atoms with van der Waals surface area (Å²) in [5, 5.41) is 12.6. The molecule has 5 rings (SSSR count). The van der Waals surface area contributed by atoms with Crippen LogP contribution in [0.15, 0.2) is 30.3 Å². The monoisotopic (exact) mass is 631 g/mol. The summed E-state index contributed by atoms with van der Waals surface area (Å²) < 4.78 is 33.0. The van der Waals surface area contributed by atoms with Crippen molar-refractivity contribution in [2.24, 2.45) is 5.41 Å². The van der Waals surface area contributed by atoms with Gasteiger partial charge in [0.1, 0.15) is 6.04 Å². The van der Waals surface area contributed by atoms with E-state index in [4.69, 9.17) is 4.74 Å². The van der Waals surface area contributed by atoms with Crippen molar-refractivity contribution in [2.45, 2.75) is 107 Å². The van der Waals surface area contributed by atoms with E-state index in [0.29, 0.717) is 89.7 Å². The van der Waals surface area contributed by atoms with E-state index in [-0.39, 0.29) is 61.5 Å². The molecule has 248 valence electrons. The van der Waals surface area contributed by atoms with Crippen LogP contribution >= 0.6 is 0 Å². The second-order valence-corrected chi connectivity index (χ2v) is 13.2. The van der Waals surface area contributed by atoms with Crippen molar-refractivity contribution in [1.29, 1.82) is 0 Å². The van der Waals surface area contributed by atoms with Crippen LogP contribution in [0.5, 0.6) is 0 Å². The maximum Gasteiger partial charge on any atom is 0.251 e. The summed E-state index contributed by atoms with van der Waals surface area (Å²) in [6.45, 7) is 1.84. The van der Waals surface area contributed by atoms with Crippen molar-refractivity contribution in [3.63, 3.8) is 0 Å². The molecule has 0 aromatic heterocycles. The molecule has 4 fully saturated rings. The molecule has 1 aromatic rings. The third kappa shape index (κ3) is 8.78. The summed E-state index contributed by atoms with van der Waals surface area (Å²) in [5.41, 5.74) is -0.231. The predicted octanol–water partition coefficient (Wildman–Crippen LogP) is 2.92. The second-order valence-electron chi connectivity index (χ2n) is 13.2. The second kappa shape index (κ2) is 15.0. The number of carbonyl (C=O) groups excluding carboxylic acids is 4. The fourth-order valence-electron chi connectivity index (χ4n) is 7.13. The van der Waals surface area contributed by atoms with Crippen LogP contribution in [0.4, 0.5) is 8.78 Å². The van der Waals surface area contributed by atoms with Crippen molar-refractivity contribution in [3.8, 4) is 0 Å². The van der Waals surface area contributed by atoms with Gasteiger partial charge in [0.15, 0.2) is 0 Å². The summed E-state index contributed by atoms with van der Waals surface area (Å²) in [5.74, 6) is -3.39. The minimum Gasteiger partial charge on any atom is -0.381 e. The van der Waals surface area contributed by atoms with Crippen molar-refractivity contribution in [2.75, 3.05) is 32.8 Å². The molecule has 1 saturated carbocycles. The van der Waals surface area contributed by atoms with Gasteiger partial charge in [-0.15, -0.1) is 0 Å². The van der Waals surface area contributed by atoms with Crippen LogP contribution in [-0.4, -0.2) is 91.5 Å². The molecule has 3 aliphatic heterocycles. The maximum atomic E-state index is 13.8. The first-order chi connectivity index (χ1) is 21.6. The zero-order valence-electron chi connectivity index (χ0n) is 26.0. The lowest BCUT2D eigenvalue weighted by Crippen LogP contribution is -2.59. The molecule has 4 N–H and O–H groups in total. The molecule has 45 heavy (non-hydrogen) atoms. The number of benzene rings is 1. The number of hydrogen-bond donors (Lipinski definition) is 4. The molecule has 0 bridgehead atoms. The Morgan fingerprint density at radius 1 is 0.978 bits per heavy atom. The average molecular weight is 632 g/mol. The lowest BCUT2D eigenvalue weighted by atomic mass is 9.78. The summed E-state index contributed by atoms with van der Waals surface area (Å²) in [7, 11) is 0. The average Bonchev–Trinajstić information content (AvgIpc) is 3.05. The Hall–Kier alpha value is -3.12. The fraction of sp³-hybridized carbons (Fsp3) is 0.697.